The van der Waals surface area contributed by atoms with E-state index >= 15 is 0 Å². The van der Waals surface area contributed by atoms with Crippen LogP contribution in [0.15, 0.2) is 104 Å². The number of nitrogens with zero attached hydrogens (tertiary/aromatic N) is 1. The molecule has 0 aromatic heterocycles. The number of hydrogen-bond acceptors (Lipinski definition) is 3. The molecule has 0 aliphatic carbocycles. The van der Waals surface area contributed by atoms with Gasteiger partial charge in [0, 0.05) is 28.9 Å². The highest BCUT2D eigenvalue weighted by Gasteiger charge is 2.35. The van der Waals surface area contributed by atoms with Gasteiger partial charge in [-0.25, -0.2) is 0 Å². The number of hydrogen-bond donors (Lipinski definition) is 1. The van der Waals surface area contributed by atoms with Crippen LogP contribution in [-0.2, 0) is 4.65 Å². The molecule has 0 atom stereocenters. The van der Waals surface area contributed by atoms with Crippen molar-refractivity contribution in [1.29, 1.82) is 0 Å². The van der Waals surface area contributed by atoms with Crippen molar-refractivity contribution >= 4 is 51.4 Å². The number of benzene rings is 4. The zero-order chi connectivity index (χ0) is 26.2. The van der Waals surface area contributed by atoms with Crippen molar-refractivity contribution in [3.05, 3.63) is 109 Å². The van der Waals surface area contributed by atoms with E-state index in [9.17, 15) is 5.11 Å². The van der Waals surface area contributed by atoms with Crippen molar-refractivity contribution in [3.8, 4) is 0 Å². The molecule has 0 unspecified atom stereocenters. The van der Waals surface area contributed by atoms with Crippen molar-refractivity contribution in [1.82, 2.24) is 0 Å². The molecule has 4 aromatic carbocycles. The lowest BCUT2D eigenvalue weighted by atomic mass is 9.81. The lowest BCUT2D eigenvalue weighted by molar-refractivity contribution is -0.0893. The first-order valence-electron chi connectivity index (χ1n) is 12.7. The predicted molar refractivity (Wildman–Crippen MR) is 159 cm³/mol. The standard InChI is InChI=1S/C33H33BNO2/c1-23-13-7-6-12-20-35(30-21-24-14-8-9-15-27(24)28-16-10-11-17-29(28)30)31-22-25(18-19-26(23)31)34-37-33(4,5)32(2,3)36/h6-19,21-22,36H,1,20H2,2-5H3/b12-6-,13-7-. The third-order valence-corrected chi connectivity index (χ3v) is 7.49. The minimum atomic E-state index is -0.995. The average Bonchev–Trinajstić information content (AvgIpc) is 2.95. The number of aliphatic hydroxyl groups is 1. The van der Waals surface area contributed by atoms with Gasteiger partial charge in [0.1, 0.15) is 0 Å². The summed E-state index contributed by atoms with van der Waals surface area (Å²) in [6, 6.07) is 25.7. The Morgan fingerprint density at radius 3 is 2.30 bits per heavy atom. The maximum atomic E-state index is 10.5. The smallest absolute Gasteiger partial charge is 0.330 e. The Kier molecular flexibility index (Phi) is 6.57. The Morgan fingerprint density at radius 1 is 0.838 bits per heavy atom. The average molecular weight is 486 g/mol. The molecular formula is C33H33BNO2. The molecule has 0 amide bonds. The van der Waals surface area contributed by atoms with Crippen LogP contribution in [0.5, 0.6) is 0 Å². The largest absolute Gasteiger partial charge is 0.427 e. The quantitative estimate of drug-likeness (QED) is 0.242. The maximum absolute atomic E-state index is 10.5. The van der Waals surface area contributed by atoms with Crippen LogP contribution >= 0.6 is 0 Å². The summed E-state index contributed by atoms with van der Waals surface area (Å²) in [5.74, 6) is 0. The molecule has 0 saturated carbocycles. The van der Waals surface area contributed by atoms with Crippen LogP contribution in [0.25, 0.3) is 27.1 Å². The second kappa shape index (κ2) is 9.70. The highest BCUT2D eigenvalue weighted by atomic mass is 16.5. The molecule has 5 rings (SSSR count). The van der Waals surface area contributed by atoms with Gasteiger partial charge in [0.05, 0.1) is 11.2 Å². The van der Waals surface area contributed by atoms with E-state index in [0.29, 0.717) is 6.54 Å². The van der Waals surface area contributed by atoms with Gasteiger partial charge in [0.15, 0.2) is 0 Å². The molecule has 0 fully saturated rings. The highest BCUT2D eigenvalue weighted by molar-refractivity contribution is 6.47. The predicted octanol–water partition coefficient (Wildman–Crippen LogP) is 7.08. The minimum Gasteiger partial charge on any atom is -0.427 e. The molecule has 1 N–H and O–H groups in total. The molecule has 3 nitrogen and oxygen atoms in total. The first kappa shape index (κ1) is 25.1. The van der Waals surface area contributed by atoms with Crippen molar-refractivity contribution in [3.63, 3.8) is 0 Å². The monoisotopic (exact) mass is 486 g/mol. The van der Waals surface area contributed by atoms with E-state index in [4.69, 9.17) is 4.65 Å². The van der Waals surface area contributed by atoms with Crippen LogP contribution in [0, 0.1) is 0 Å². The van der Waals surface area contributed by atoms with Gasteiger partial charge in [-0.05, 0) is 61.6 Å². The fourth-order valence-electron chi connectivity index (χ4n) is 4.57. The molecule has 1 aliphatic rings. The summed E-state index contributed by atoms with van der Waals surface area (Å²) in [6.45, 7) is 12.4. The zero-order valence-electron chi connectivity index (χ0n) is 22.0. The van der Waals surface area contributed by atoms with Crippen LogP contribution in [-0.4, -0.2) is 30.3 Å². The van der Waals surface area contributed by atoms with Crippen molar-refractivity contribution < 1.29 is 9.76 Å². The SMILES string of the molecule is C=C1/C=C\C=C/CN(c2cc3ccccc3c3ccccc23)c2cc([B]OC(C)(C)C(C)(C)O)ccc21. The number of allylic oxidation sites excluding steroid dienone is 4. The molecule has 37 heavy (non-hydrogen) atoms. The summed E-state index contributed by atoms with van der Waals surface area (Å²) < 4.78 is 6.10. The summed E-state index contributed by atoms with van der Waals surface area (Å²) in [4.78, 5) is 2.36. The Bertz CT molecular complexity index is 1540. The van der Waals surface area contributed by atoms with Gasteiger partial charge in [-0.2, -0.15) is 0 Å². The molecule has 1 radical (unpaired) electrons. The zero-order valence-corrected chi connectivity index (χ0v) is 22.0. The summed E-state index contributed by atoms with van der Waals surface area (Å²) in [7, 11) is 1.75. The van der Waals surface area contributed by atoms with Gasteiger partial charge in [-0.1, -0.05) is 97.0 Å². The molecule has 4 aromatic rings. The van der Waals surface area contributed by atoms with Crippen LogP contribution < -0.4 is 10.4 Å². The van der Waals surface area contributed by atoms with Gasteiger partial charge < -0.3 is 14.7 Å². The van der Waals surface area contributed by atoms with E-state index in [1.807, 2.05) is 26.0 Å². The molecule has 1 heterocycles. The van der Waals surface area contributed by atoms with E-state index in [2.05, 4.69) is 96.4 Å². The highest BCUT2D eigenvalue weighted by Crippen LogP contribution is 2.40. The fraction of sp³-hybridized carbons (Fsp3) is 0.212. The Hall–Kier alpha value is -3.60. The van der Waals surface area contributed by atoms with Gasteiger partial charge in [-0.3, -0.25) is 0 Å². The maximum Gasteiger partial charge on any atom is 0.330 e. The van der Waals surface area contributed by atoms with E-state index in [-0.39, 0.29) is 0 Å². The Labute approximate surface area is 220 Å². The summed E-state index contributed by atoms with van der Waals surface area (Å²) in [6.07, 6.45) is 8.35. The molecule has 0 saturated heterocycles. The van der Waals surface area contributed by atoms with Gasteiger partial charge in [-0.15, -0.1) is 0 Å². The number of rotatable bonds is 5. The van der Waals surface area contributed by atoms with Crippen LogP contribution in [0.1, 0.15) is 33.3 Å². The van der Waals surface area contributed by atoms with Crippen molar-refractivity contribution in [2.75, 3.05) is 11.4 Å². The van der Waals surface area contributed by atoms with E-state index in [1.54, 1.807) is 21.3 Å². The molecular weight excluding hydrogens is 453 g/mol. The topological polar surface area (TPSA) is 32.7 Å². The van der Waals surface area contributed by atoms with Gasteiger partial charge in [0.25, 0.3) is 0 Å². The van der Waals surface area contributed by atoms with E-state index < -0.39 is 11.2 Å². The van der Waals surface area contributed by atoms with Gasteiger partial charge in [0.2, 0.25) is 0 Å². The van der Waals surface area contributed by atoms with Crippen molar-refractivity contribution in [2.45, 2.75) is 38.9 Å². The third-order valence-electron chi connectivity index (χ3n) is 7.49. The molecule has 0 bridgehead atoms. The van der Waals surface area contributed by atoms with Gasteiger partial charge >= 0.3 is 7.48 Å². The molecule has 4 heteroatoms. The fourth-order valence-corrected chi connectivity index (χ4v) is 4.57. The first-order chi connectivity index (χ1) is 17.7. The normalized spacial score (nSPS) is 16.1. The Balaban J connectivity index is 1.67. The third kappa shape index (κ3) is 4.87. The number of fused-ring (bicyclic) bond motifs is 4. The Morgan fingerprint density at radius 2 is 1.54 bits per heavy atom. The number of anilines is 2. The molecule has 185 valence electrons. The first-order valence-corrected chi connectivity index (χ1v) is 12.7. The summed E-state index contributed by atoms with van der Waals surface area (Å²) in [5, 5.41) is 15.4. The van der Waals surface area contributed by atoms with E-state index in [0.717, 1.165) is 28.0 Å². The van der Waals surface area contributed by atoms with Crippen molar-refractivity contribution in [2.24, 2.45) is 0 Å². The van der Waals surface area contributed by atoms with Crippen LogP contribution in [0.4, 0.5) is 11.4 Å². The second-order valence-corrected chi connectivity index (χ2v) is 10.7. The summed E-state index contributed by atoms with van der Waals surface area (Å²) in [5.41, 5.74) is 3.39. The van der Waals surface area contributed by atoms with E-state index in [1.165, 1.54) is 21.5 Å². The van der Waals surface area contributed by atoms with Crippen LogP contribution in [0.3, 0.4) is 0 Å². The summed E-state index contributed by atoms with van der Waals surface area (Å²) >= 11 is 0. The lowest BCUT2D eigenvalue weighted by Gasteiger charge is -2.37. The minimum absolute atomic E-state index is 0.701. The molecule has 0 spiro atoms. The molecule has 1 aliphatic heterocycles. The van der Waals surface area contributed by atoms with Crippen LogP contribution in [0.2, 0.25) is 0 Å². The lowest BCUT2D eigenvalue weighted by Crippen LogP contribution is -2.49. The second-order valence-electron chi connectivity index (χ2n) is 10.7.